The van der Waals surface area contributed by atoms with E-state index in [1.807, 2.05) is 0 Å². The maximum atomic E-state index is 12.4. The first-order chi connectivity index (χ1) is 7.34. The van der Waals surface area contributed by atoms with Gasteiger partial charge >= 0.3 is 12.3 Å². The summed E-state index contributed by atoms with van der Waals surface area (Å²) in [6.45, 7) is 0. The Morgan fingerprint density at radius 1 is 1.38 bits per heavy atom. The molecule has 0 saturated heterocycles. The number of hydrogen-bond acceptors (Lipinski definition) is 2. The molecule has 0 bridgehead atoms. The number of anilines is 1. The van der Waals surface area contributed by atoms with Gasteiger partial charge in [0, 0.05) is 11.3 Å². The van der Waals surface area contributed by atoms with Crippen LogP contribution in [-0.2, 0) is 6.18 Å². The van der Waals surface area contributed by atoms with Gasteiger partial charge in [-0.3, -0.25) is 10.1 Å². The van der Waals surface area contributed by atoms with E-state index in [0.717, 1.165) is 12.1 Å². The van der Waals surface area contributed by atoms with Crippen LogP contribution in [0.15, 0.2) is 18.2 Å². The highest BCUT2D eigenvalue weighted by Gasteiger charge is 2.33. The van der Waals surface area contributed by atoms with Crippen molar-refractivity contribution in [2.75, 3.05) is 5.32 Å². The third kappa shape index (κ3) is 2.72. The van der Waals surface area contributed by atoms with Gasteiger partial charge in [0.05, 0.1) is 5.56 Å². The Hall–Kier alpha value is -2.05. The Morgan fingerprint density at radius 2 is 2.00 bits per heavy atom. The lowest BCUT2D eigenvalue weighted by Crippen LogP contribution is -2.12. The van der Waals surface area contributed by atoms with Crippen LogP contribution in [0.1, 0.15) is 15.9 Å². The van der Waals surface area contributed by atoms with Crippen molar-refractivity contribution in [3.8, 4) is 0 Å². The summed E-state index contributed by atoms with van der Waals surface area (Å²) in [4.78, 5) is 20.6. The van der Waals surface area contributed by atoms with Gasteiger partial charge in [0.2, 0.25) is 0 Å². The number of aldehydes is 1. The molecule has 0 unspecified atom stereocenters. The van der Waals surface area contributed by atoms with Crippen LogP contribution in [0.2, 0.25) is 0 Å². The first kappa shape index (κ1) is 12.0. The Balaban J connectivity index is 3.21. The van der Waals surface area contributed by atoms with Gasteiger partial charge in [0.15, 0.2) is 6.29 Å². The second kappa shape index (κ2) is 4.21. The van der Waals surface area contributed by atoms with E-state index in [1.54, 1.807) is 5.32 Å². The summed E-state index contributed by atoms with van der Waals surface area (Å²) in [7, 11) is 0. The summed E-state index contributed by atoms with van der Waals surface area (Å²) in [6, 6.07) is 2.55. The zero-order valence-corrected chi connectivity index (χ0v) is 7.71. The number of carbonyl (C=O) groups excluding carboxylic acids is 1. The molecule has 86 valence electrons. The fourth-order valence-electron chi connectivity index (χ4n) is 1.11. The van der Waals surface area contributed by atoms with Crippen molar-refractivity contribution in [3.05, 3.63) is 29.3 Å². The lowest BCUT2D eigenvalue weighted by atomic mass is 10.1. The average molecular weight is 233 g/mol. The molecule has 0 spiro atoms. The monoisotopic (exact) mass is 233 g/mol. The number of rotatable bonds is 2. The molecule has 1 amide bonds. The Bertz CT molecular complexity index is 428. The van der Waals surface area contributed by atoms with Gasteiger partial charge in [0.1, 0.15) is 0 Å². The predicted octanol–water partition coefficient (Wildman–Crippen LogP) is 2.61. The highest BCUT2D eigenvalue weighted by molar-refractivity contribution is 5.85. The van der Waals surface area contributed by atoms with Gasteiger partial charge in [0.25, 0.3) is 0 Å². The van der Waals surface area contributed by atoms with E-state index in [2.05, 4.69) is 0 Å². The summed E-state index contributed by atoms with van der Waals surface area (Å²) in [6.07, 6.45) is -6.12. The first-order valence-corrected chi connectivity index (χ1v) is 4.01. The van der Waals surface area contributed by atoms with Gasteiger partial charge in [-0.15, -0.1) is 0 Å². The molecule has 0 aliphatic heterocycles. The molecule has 0 aliphatic rings. The third-order valence-electron chi connectivity index (χ3n) is 1.74. The molecule has 0 radical (unpaired) electrons. The second-order valence-corrected chi connectivity index (χ2v) is 2.85. The van der Waals surface area contributed by atoms with Gasteiger partial charge in [-0.05, 0) is 18.2 Å². The molecule has 4 nitrogen and oxygen atoms in total. The van der Waals surface area contributed by atoms with Crippen molar-refractivity contribution in [3.63, 3.8) is 0 Å². The lowest BCUT2D eigenvalue weighted by molar-refractivity contribution is -0.137. The van der Waals surface area contributed by atoms with E-state index in [0.29, 0.717) is 6.07 Å². The van der Waals surface area contributed by atoms with Crippen LogP contribution in [0.5, 0.6) is 0 Å². The highest BCUT2D eigenvalue weighted by Crippen LogP contribution is 2.33. The number of amides is 1. The van der Waals surface area contributed by atoms with Gasteiger partial charge in [-0.25, -0.2) is 4.79 Å². The van der Waals surface area contributed by atoms with Crippen molar-refractivity contribution < 1.29 is 27.9 Å². The number of alkyl halides is 3. The van der Waals surface area contributed by atoms with Crippen LogP contribution >= 0.6 is 0 Å². The predicted molar refractivity (Wildman–Crippen MR) is 48.5 cm³/mol. The minimum absolute atomic E-state index is 0.0629. The molecule has 0 atom stereocenters. The summed E-state index contributed by atoms with van der Waals surface area (Å²) < 4.78 is 37.3. The molecule has 0 saturated carbocycles. The van der Waals surface area contributed by atoms with Crippen LogP contribution in [0.3, 0.4) is 0 Å². The molecule has 7 heteroatoms. The number of hydrogen-bond donors (Lipinski definition) is 2. The quantitative estimate of drug-likeness (QED) is 0.771. The minimum Gasteiger partial charge on any atom is -0.465 e. The zero-order valence-electron chi connectivity index (χ0n) is 7.71. The molecule has 16 heavy (non-hydrogen) atoms. The van der Waals surface area contributed by atoms with Gasteiger partial charge in [-0.1, -0.05) is 0 Å². The van der Waals surface area contributed by atoms with Crippen LogP contribution in [0.25, 0.3) is 0 Å². The highest BCUT2D eigenvalue weighted by atomic mass is 19.4. The summed E-state index contributed by atoms with van der Waals surface area (Å²) >= 11 is 0. The van der Waals surface area contributed by atoms with Crippen LogP contribution in [-0.4, -0.2) is 17.5 Å². The van der Waals surface area contributed by atoms with E-state index in [4.69, 9.17) is 5.11 Å². The maximum Gasteiger partial charge on any atom is 0.417 e. The third-order valence-corrected chi connectivity index (χ3v) is 1.74. The second-order valence-electron chi connectivity index (χ2n) is 2.85. The molecule has 2 N–H and O–H groups in total. The Morgan fingerprint density at radius 3 is 2.44 bits per heavy atom. The molecular weight excluding hydrogens is 227 g/mol. The maximum absolute atomic E-state index is 12.4. The van der Waals surface area contributed by atoms with Crippen molar-refractivity contribution in [2.45, 2.75) is 6.18 Å². The minimum atomic E-state index is -4.70. The Kier molecular flexibility index (Phi) is 3.17. The average Bonchev–Trinajstić information content (AvgIpc) is 2.15. The van der Waals surface area contributed by atoms with E-state index in [9.17, 15) is 22.8 Å². The summed E-state index contributed by atoms with van der Waals surface area (Å²) in [5.74, 6) is 0. The number of nitrogens with one attached hydrogen (secondary N) is 1. The van der Waals surface area contributed by atoms with Gasteiger partial charge in [-0.2, -0.15) is 13.2 Å². The van der Waals surface area contributed by atoms with Crippen molar-refractivity contribution in [2.24, 2.45) is 0 Å². The summed E-state index contributed by atoms with van der Waals surface area (Å²) in [5, 5.41) is 10.1. The van der Waals surface area contributed by atoms with E-state index in [1.165, 1.54) is 0 Å². The molecule has 0 aromatic heterocycles. The fraction of sp³-hybridized carbons (Fsp3) is 0.111. The SMILES string of the molecule is O=Cc1ccc(NC(=O)O)cc1C(F)(F)F. The molecule has 1 aromatic carbocycles. The smallest absolute Gasteiger partial charge is 0.417 e. The Labute approximate surface area is 87.7 Å². The standard InChI is InChI=1S/C9H6F3NO3/c10-9(11,12)7-3-6(13-8(15)16)2-1-5(7)4-14/h1-4,13H,(H,15,16). The first-order valence-electron chi connectivity index (χ1n) is 4.01. The topological polar surface area (TPSA) is 66.4 Å². The van der Waals surface area contributed by atoms with Crippen LogP contribution in [0, 0.1) is 0 Å². The summed E-state index contributed by atoms with van der Waals surface area (Å²) in [5.41, 5.74) is -1.96. The van der Waals surface area contributed by atoms with E-state index >= 15 is 0 Å². The van der Waals surface area contributed by atoms with Crippen LogP contribution < -0.4 is 5.32 Å². The number of carboxylic acid groups (broad SMARTS) is 1. The number of halogens is 3. The lowest BCUT2D eigenvalue weighted by Gasteiger charge is -2.10. The largest absolute Gasteiger partial charge is 0.465 e. The van der Waals surface area contributed by atoms with E-state index in [-0.39, 0.29) is 12.0 Å². The van der Waals surface area contributed by atoms with Gasteiger partial charge < -0.3 is 5.11 Å². The fourth-order valence-corrected chi connectivity index (χ4v) is 1.11. The molecular formula is C9H6F3NO3. The molecule has 1 aromatic rings. The van der Waals surface area contributed by atoms with Crippen molar-refractivity contribution in [1.82, 2.24) is 0 Å². The molecule has 1 rings (SSSR count). The molecule has 0 fully saturated rings. The van der Waals surface area contributed by atoms with Crippen molar-refractivity contribution in [1.29, 1.82) is 0 Å². The van der Waals surface area contributed by atoms with Crippen LogP contribution in [0.4, 0.5) is 23.7 Å². The normalized spacial score (nSPS) is 10.9. The molecule has 0 aliphatic carbocycles. The zero-order chi connectivity index (χ0) is 12.3. The van der Waals surface area contributed by atoms with Crippen molar-refractivity contribution >= 4 is 18.1 Å². The number of benzene rings is 1. The number of carbonyl (C=O) groups is 2. The van der Waals surface area contributed by atoms with E-state index < -0.39 is 23.4 Å². The molecule has 0 heterocycles.